The van der Waals surface area contributed by atoms with Gasteiger partial charge in [-0.1, -0.05) is 0 Å². The molecule has 2 aromatic heterocycles. The highest BCUT2D eigenvalue weighted by molar-refractivity contribution is 7.13. The zero-order valence-electron chi connectivity index (χ0n) is 11.5. The van der Waals surface area contributed by atoms with Crippen molar-refractivity contribution in [1.29, 1.82) is 5.26 Å². The fourth-order valence-corrected chi connectivity index (χ4v) is 3.23. The lowest BCUT2D eigenvalue weighted by atomic mass is 10.1. The summed E-state index contributed by atoms with van der Waals surface area (Å²) >= 11 is 2.55. The number of thiophene rings is 1. The lowest BCUT2D eigenvalue weighted by Gasteiger charge is -2.05. The molecule has 0 saturated carbocycles. The largest absolute Gasteiger partial charge is 0.453 e. The summed E-state index contributed by atoms with van der Waals surface area (Å²) in [5.74, 6) is -2.00. The molecule has 1 unspecified atom stereocenters. The van der Waals surface area contributed by atoms with Crippen molar-refractivity contribution in [2.24, 2.45) is 0 Å². The Morgan fingerprint density at radius 3 is 2.71 bits per heavy atom. The maximum Gasteiger partial charge on any atom is 0.348 e. The minimum absolute atomic E-state index is 0.424. The van der Waals surface area contributed by atoms with E-state index in [0.717, 1.165) is 10.6 Å². The highest BCUT2D eigenvalue weighted by atomic mass is 32.1. The molecule has 0 aromatic carbocycles. The van der Waals surface area contributed by atoms with E-state index in [1.165, 1.54) is 22.7 Å². The Morgan fingerprint density at radius 2 is 2.19 bits per heavy atom. The van der Waals surface area contributed by atoms with Crippen LogP contribution in [0.3, 0.4) is 0 Å². The zero-order valence-corrected chi connectivity index (χ0v) is 13.1. The number of nitriles is 1. The molecule has 0 aliphatic heterocycles. The second kappa shape index (κ2) is 6.61. The van der Waals surface area contributed by atoms with Gasteiger partial charge in [-0.25, -0.2) is 9.78 Å². The number of carbonyl (C=O) groups excluding carboxylic acids is 2. The van der Waals surface area contributed by atoms with Gasteiger partial charge in [0.05, 0.1) is 6.07 Å². The minimum Gasteiger partial charge on any atom is -0.453 e. The van der Waals surface area contributed by atoms with Crippen molar-refractivity contribution >= 4 is 34.4 Å². The van der Waals surface area contributed by atoms with Crippen molar-refractivity contribution in [2.75, 3.05) is 6.61 Å². The van der Waals surface area contributed by atoms with Crippen LogP contribution in [-0.2, 0) is 9.53 Å². The van der Waals surface area contributed by atoms with Gasteiger partial charge in [0.1, 0.15) is 9.88 Å². The van der Waals surface area contributed by atoms with Crippen LogP contribution >= 0.6 is 22.7 Å². The third-order valence-electron chi connectivity index (χ3n) is 2.62. The Bertz CT molecular complexity index is 712. The molecule has 1 atom stereocenters. The number of hydrogen-bond acceptors (Lipinski definition) is 7. The number of aromatic nitrogens is 1. The first kappa shape index (κ1) is 15.4. The Balaban J connectivity index is 1.97. The molecule has 5 nitrogen and oxygen atoms in total. The molecular formula is C14H12N2O3S2. The summed E-state index contributed by atoms with van der Waals surface area (Å²) in [5, 5.41) is 11.3. The van der Waals surface area contributed by atoms with Crippen LogP contribution in [0.2, 0.25) is 0 Å². The lowest BCUT2D eigenvalue weighted by Crippen LogP contribution is -2.19. The van der Waals surface area contributed by atoms with Crippen LogP contribution in [0.5, 0.6) is 0 Å². The molecule has 0 amide bonds. The highest BCUT2D eigenvalue weighted by Crippen LogP contribution is 2.21. The molecule has 0 aliphatic carbocycles. The number of nitrogens with zero attached hydrogens (tertiary/aromatic N) is 2. The van der Waals surface area contributed by atoms with Gasteiger partial charge in [-0.15, -0.1) is 22.7 Å². The number of rotatable bonds is 5. The number of Topliss-reactive ketones (excluding diaryl/α,β-unsaturated/α-hetero) is 1. The third kappa shape index (κ3) is 3.74. The Hall–Kier alpha value is -2.04. The van der Waals surface area contributed by atoms with Crippen molar-refractivity contribution in [2.45, 2.75) is 19.8 Å². The summed E-state index contributed by atoms with van der Waals surface area (Å²) in [6.45, 7) is 3.24. The van der Waals surface area contributed by atoms with Crippen molar-refractivity contribution in [1.82, 2.24) is 4.98 Å². The topological polar surface area (TPSA) is 80.0 Å². The van der Waals surface area contributed by atoms with Crippen LogP contribution in [0.25, 0.3) is 0 Å². The molecule has 108 valence electrons. The van der Waals surface area contributed by atoms with Gasteiger partial charge in [0.2, 0.25) is 0 Å². The minimum atomic E-state index is -0.985. The van der Waals surface area contributed by atoms with Crippen LogP contribution in [0.4, 0.5) is 0 Å². The number of ketones is 1. The van der Waals surface area contributed by atoms with Crippen LogP contribution in [0.15, 0.2) is 17.5 Å². The van der Waals surface area contributed by atoms with Gasteiger partial charge in [-0.2, -0.15) is 5.26 Å². The SMILES string of the molecule is Cc1csc(C(C#N)C(=O)COC(=O)c2ccc(C)s2)n1. The summed E-state index contributed by atoms with van der Waals surface area (Å²) in [5.41, 5.74) is 0.758. The van der Waals surface area contributed by atoms with Gasteiger partial charge >= 0.3 is 5.97 Å². The van der Waals surface area contributed by atoms with Crippen molar-refractivity contribution in [3.63, 3.8) is 0 Å². The van der Waals surface area contributed by atoms with Gasteiger partial charge in [0.25, 0.3) is 0 Å². The fraction of sp³-hybridized carbons (Fsp3) is 0.286. The number of thiazole rings is 1. The monoisotopic (exact) mass is 320 g/mol. The number of hydrogen-bond donors (Lipinski definition) is 0. The number of carbonyl (C=O) groups is 2. The molecule has 0 bridgehead atoms. The van der Waals surface area contributed by atoms with Crippen molar-refractivity contribution < 1.29 is 14.3 Å². The molecular weight excluding hydrogens is 308 g/mol. The predicted octanol–water partition coefficient (Wildman–Crippen LogP) is 2.85. The van der Waals surface area contributed by atoms with Gasteiger partial charge in [0.15, 0.2) is 18.3 Å². The van der Waals surface area contributed by atoms with Gasteiger partial charge in [0, 0.05) is 16.0 Å². The second-order valence-electron chi connectivity index (χ2n) is 4.34. The molecule has 0 fully saturated rings. The van der Waals surface area contributed by atoms with E-state index in [0.29, 0.717) is 9.88 Å². The molecule has 2 rings (SSSR count). The van der Waals surface area contributed by atoms with Crippen LogP contribution in [0.1, 0.15) is 31.2 Å². The summed E-state index contributed by atoms with van der Waals surface area (Å²) in [6.07, 6.45) is 0. The van der Waals surface area contributed by atoms with E-state index in [4.69, 9.17) is 10.00 Å². The van der Waals surface area contributed by atoms with Crippen LogP contribution in [0, 0.1) is 25.2 Å². The first-order valence-electron chi connectivity index (χ1n) is 6.09. The smallest absolute Gasteiger partial charge is 0.348 e. The molecule has 21 heavy (non-hydrogen) atoms. The van der Waals surface area contributed by atoms with E-state index >= 15 is 0 Å². The average Bonchev–Trinajstić information content (AvgIpc) is 3.06. The maximum absolute atomic E-state index is 12.0. The summed E-state index contributed by atoms with van der Waals surface area (Å²) < 4.78 is 4.96. The molecule has 0 radical (unpaired) electrons. The number of esters is 1. The lowest BCUT2D eigenvalue weighted by molar-refractivity contribution is -0.122. The number of aryl methyl sites for hydroxylation is 2. The molecule has 0 aliphatic rings. The second-order valence-corrected chi connectivity index (χ2v) is 6.52. The van der Waals surface area contributed by atoms with Gasteiger partial charge in [-0.05, 0) is 26.0 Å². The summed E-state index contributed by atoms with van der Waals surface area (Å²) in [4.78, 5) is 29.3. The number of ether oxygens (including phenoxy) is 1. The van der Waals surface area contributed by atoms with E-state index < -0.39 is 24.3 Å². The van der Waals surface area contributed by atoms with Crippen molar-refractivity contribution in [3.8, 4) is 6.07 Å². The Kier molecular flexibility index (Phi) is 4.83. The Labute approximate surface area is 129 Å². The standard InChI is InChI=1S/C14H12N2O3S2/c1-8-7-20-13(16-8)10(5-15)11(17)6-19-14(18)12-4-3-9(2)21-12/h3-4,7,10H,6H2,1-2H3. The normalized spacial score (nSPS) is 11.7. The van der Waals surface area contributed by atoms with E-state index in [-0.39, 0.29) is 0 Å². The molecule has 7 heteroatoms. The molecule has 0 spiro atoms. The highest BCUT2D eigenvalue weighted by Gasteiger charge is 2.24. The molecule has 0 N–H and O–H groups in total. The van der Waals surface area contributed by atoms with E-state index in [2.05, 4.69) is 4.98 Å². The van der Waals surface area contributed by atoms with Crippen LogP contribution in [-0.4, -0.2) is 23.3 Å². The van der Waals surface area contributed by atoms with Gasteiger partial charge in [-0.3, -0.25) is 4.79 Å². The van der Waals surface area contributed by atoms with Crippen LogP contribution < -0.4 is 0 Å². The fourth-order valence-electron chi connectivity index (χ4n) is 1.61. The Morgan fingerprint density at radius 1 is 1.43 bits per heavy atom. The summed E-state index contributed by atoms with van der Waals surface area (Å²) in [7, 11) is 0. The third-order valence-corrected chi connectivity index (χ3v) is 4.63. The first-order valence-corrected chi connectivity index (χ1v) is 7.79. The van der Waals surface area contributed by atoms with E-state index in [1.54, 1.807) is 24.4 Å². The summed E-state index contributed by atoms with van der Waals surface area (Å²) in [6, 6.07) is 5.37. The predicted molar refractivity (Wildman–Crippen MR) is 79.6 cm³/mol. The average molecular weight is 320 g/mol. The van der Waals surface area contributed by atoms with E-state index in [9.17, 15) is 9.59 Å². The molecule has 2 aromatic rings. The first-order chi connectivity index (χ1) is 10.0. The van der Waals surface area contributed by atoms with Gasteiger partial charge < -0.3 is 4.74 Å². The quantitative estimate of drug-likeness (QED) is 0.791. The van der Waals surface area contributed by atoms with Crippen molar-refractivity contribution in [3.05, 3.63) is 38.0 Å². The molecule has 0 saturated heterocycles. The van der Waals surface area contributed by atoms with E-state index in [1.807, 2.05) is 13.0 Å². The zero-order chi connectivity index (χ0) is 15.4. The molecule has 2 heterocycles. The maximum atomic E-state index is 12.0.